The number of aromatic nitrogens is 1. The fourth-order valence-corrected chi connectivity index (χ4v) is 4.05. The third kappa shape index (κ3) is 5.30. The van der Waals surface area contributed by atoms with Crippen LogP contribution in [0.1, 0.15) is 30.5 Å². The number of hydrogen-bond donors (Lipinski definition) is 1. The molecule has 1 amide bonds. The van der Waals surface area contributed by atoms with Gasteiger partial charge in [-0.2, -0.15) is 0 Å². The number of amides is 1. The minimum atomic E-state index is 0. The molecule has 2 fully saturated rings. The van der Waals surface area contributed by atoms with E-state index in [0.29, 0.717) is 11.9 Å². The molecule has 0 spiro atoms. The highest BCUT2D eigenvalue weighted by atomic mass is 35.5. The number of aryl methyl sites for hydroxylation is 1. The first-order chi connectivity index (χ1) is 10.6. The molecule has 2 saturated heterocycles. The molecule has 3 heterocycles. The van der Waals surface area contributed by atoms with E-state index in [-0.39, 0.29) is 30.7 Å². The molecule has 24 heavy (non-hydrogen) atoms. The van der Waals surface area contributed by atoms with Crippen LogP contribution in [0.3, 0.4) is 0 Å². The average molecular weight is 395 g/mol. The maximum absolute atomic E-state index is 12.7. The Bertz CT molecular complexity index is 520. The fourth-order valence-electron chi connectivity index (χ4n) is 3.45. The van der Waals surface area contributed by atoms with Crippen LogP contribution in [0.25, 0.3) is 0 Å². The first kappa shape index (κ1) is 21.6. The number of carbonyl (C=O) groups is 1. The van der Waals surface area contributed by atoms with E-state index in [2.05, 4.69) is 32.4 Å². The highest BCUT2D eigenvalue weighted by Crippen LogP contribution is 2.23. The van der Waals surface area contributed by atoms with E-state index in [1.165, 1.54) is 5.69 Å². The molecule has 8 heteroatoms. The standard InChI is InChI=1S/C16H26N4OS.2ClH/c1-12-9-17-5-8-20(12)16(21)14-3-6-19(7-4-14)10-15-11-22-13(2)18-15;;/h11-12,14,17H,3-10H2,1-2H3;2*1H. The lowest BCUT2D eigenvalue weighted by Gasteiger charge is -2.38. The summed E-state index contributed by atoms with van der Waals surface area (Å²) >= 11 is 1.71. The Morgan fingerprint density at radius 2 is 2.04 bits per heavy atom. The van der Waals surface area contributed by atoms with Crippen molar-refractivity contribution in [2.45, 2.75) is 39.3 Å². The lowest BCUT2D eigenvalue weighted by molar-refractivity contribution is -0.140. The van der Waals surface area contributed by atoms with Gasteiger partial charge in [-0.15, -0.1) is 36.2 Å². The molecule has 0 bridgehead atoms. The second-order valence-electron chi connectivity index (χ2n) is 6.49. The van der Waals surface area contributed by atoms with Gasteiger partial charge in [0.2, 0.25) is 5.91 Å². The minimum absolute atomic E-state index is 0. The number of piperazine rings is 1. The molecule has 0 aliphatic carbocycles. The number of carbonyl (C=O) groups excluding carboxylic acids is 1. The molecule has 138 valence electrons. The Morgan fingerprint density at radius 1 is 1.33 bits per heavy atom. The molecule has 2 aliphatic rings. The minimum Gasteiger partial charge on any atom is -0.337 e. The Hall–Kier alpha value is -0.400. The Balaban J connectivity index is 0.00000144. The van der Waals surface area contributed by atoms with Gasteiger partial charge in [0.15, 0.2) is 0 Å². The van der Waals surface area contributed by atoms with Crippen LogP contribution in [-0.4, -0.2) is 59.5 Å². The van der Waals surface area contributed by atoms with Gasteiger partial charge in [0, 0.05) is 43.5 Å². The number of nitrogens with zero attached hydrogens (tertiary/aromatic N) is 3. The van der Waals surface area contributed by atoms with Gasteiger partial charge >= 0.3 is 0 Å². The summed E-state index contributed by atoms with van der Waals surface area (Å²) < 4.78 is 0. The van der Waals surface area contributed by atoms with Crippen molar-refractivity contribution in [2.75, 3.05) is 32.7 Å². The molecule has 1 aromatic rings. The first-order valence-corrected chi connectivity index (χ1v) is 9.16. The third-order valence-corrected chi connectivity index (χ3v) is 5.60. The third-order valence-electron chi connectivity index (χ3n) is 4.77. The van der Waals surface area contributed by atoms with Gasteiger partial charge in [0.25, 0.3) is 0 Å². The number of piperidine rings is 1. The molecule has 1 atom stereocenters. The molecule has 1 N–H and O–H groups in total. The van der Waals surface area contributed by atoms with Gasteiger partial charge in [0.05, 0.1) is 10.7 Å². The van der Waals surface area contributed by atoms with Gasteiger partial charge in [-0.1, -0.05) is 0 Å². The molecular formula is C16H28Cl2N4OS. The van der Waals surface area contributed by atoms with Crippen LogP contribution >= 0.6 is 36.2 Å². The van der Waals surface area contributed by atoms with E-state index in [4.69, 9.17) is 0 Å². The summed E-state index contributed by atoms with van der Waals surface area (Å²) in [6.45, 7) is 9.85. The van der Waals surface area contributed by atoms with Gasteiger partial charge in [0.1, 0.15) is 0 Å². The van der Waals surface area contributed by atoms with E-state index in [1.54, 1.807) is 11.3 Å². The van der Waals surface area contributed by atoms with E-state index in [0.717, 1.165) is 57.1 Å². The number of thiazole rings is 1. The molecule has 2 aliphatic heterocycles. The molecule has 0 aromatic carbocycles. The normalized spacial score (nSPS) is 22.6. The first-order valence-electron chi connectivity index (χ1n) is 8.28. The summed E-state index contributed by atoms with van der Waals surface area (Å²) in [6.07, 6.45) is 1.97. The number of hydrogen-bond acceptors (Lipinski definition) is 5. The quantitative estimate of drug-likeness (QED) is 0.854. The maximum atomic E-state index is 12.7. The largest absolute Gasteiger partial charge is 0.337 e. The van der Waals surface area contributed by atoms with Crippen LogP contribution in [0.15, 0.2) is 5.38 Å². The van der Waals surface area contributed by atoms with E-state index >= 15 is 0 Å². The predicted molar refractivity (Wildman–Crippen MR) is 103 cm³/mol. The zero-order valence-electron chi connectivity index (χ0n) is 14.4. The van der Waals surface area contributed by atoms with Crippen molar-refractivity contribution in [3.8, 4) is 0 Å². The molecule has 1 unspecified atom stereocenters. The molecule has 0 radical (unpaired) electrons. The number of nitrogens with one attached hydrogen (secondary N) is 1. The highest BCUT2D eigenvalue weighted by molar-refractivity contribution is 7.09. The summed E-state index contributed by atoms with van der Waals surface area (Å²) in [5.74, 6) is 0.590. The number of likely N-dealkylation sites (tertiary alicyclic amines) is 1. The second-order valence-corrected chi connectivity index (χ2v) is 7.56. The van der Waals surface area contributed by atoms with Crippen LogP contribution < -0.4 is 5.32 Å². The van der Waals surface area contributed by atoms with Gasteiger partial charge in [-0.25, -0.2) is 4.98 Å². The van der Waals surface area contributed by atoms with Crippen LogP contribution in [-0.2, 0) is 11.3 Å². The van der Waals surface area contributed by atoms with Crippen molar-refractivity contribution in [1.82, 2.24) is 20.1 Å². The lowest BCUT2D eigenvalue weighted by Crippen LogP contribution is -2.54. The monoisotopic (exact) mass is 394 g/mol. The zero-order valence-corrected chi connectivity index (χ0v) is 16.8. The van der Waals surface area contributed by atoms with Crippen molar-refractivity contribution in [1.29, 1.82) is 0 Å². The lowest BCUT2D eigenvalue weighted by atomic mass is 9.94. The molecule has 5 nitrogen and oxygen atoms in total. The van der Waals surface area contributed by atoms with E-state index < -0.39 is 0 Å². The van der Waals surface area contributed by atoms with Crippen molar-refractivity contribution < 1.29 is 4.79 Å². The van der Waals surface area contributed by atoms with Crippen LogP contribution in [0.5, 0.6) is 0 Å². The smallest absolute Gasteiger partial charge is 0.226 e. The fraction of sp³-hybridized carbons (Fsp3) is 0.750. The van der Waals surface area contributed by atoms with Crippen molar-refractivity contribution in [2.24, 2.45) is 5.92 Å². The summed E-state index contributed by atoms with van der Waals surface area (Å²) in [7, 11) is 0. The van der Waals surface area contributed by atoms with Gasteiger partial charge in [-0.3, -0.25) is 9.69 Å². The highest BCUT2D eigenvalue weighted by Gasteiger charge is 2.31. The second kappa shape index (κ2) is 9.92. The van der Waals surface area contributed by atoms with Gasteiger partial charge < -0.3 is 10.2 Å². The van der Waals surface area contributed by atoms with Crippen molar-refractivity contribution in [3.05, 3.63) is 16.1 Å². The van der Waals surface area contributed by atoms with Crippen LogP contribution in [0.2, 0.25) is 0 Å². The predicted octanol–water partition coefficient (Wildman–Crippen LogP) is 2.33. The van der Waals surface area contributed by atoms with Crippen LogP contribution in [0.4, 0.5) is 0 Å². The Kier molecular flexibility index (Phi) is 8.95. The molecule has 0 saturated carbocycles. The summed E-state index contributed by atoms with van der Waals surface area (Å²) in [5.41, 5.74) is 1.17. The summed E-state index contributed by atoms with van der Waals surface area (Å²) in [4.78, 5) is 21.8. The van der Waals surface area contributed by atoms with Crippen molar-refractivity contribution in [3.63, 3.8) is 0 Å². The molecule has 3 rings (SSSR count). The average Bonchev–Trinajstić information content (AvgIpc) is 2.93. The number of rotatable bonds is 3. The number of halogens is 2. The zero-order chi connectivity index (χ0) is 15.5. The summed E-state index contributed by atoms with van der Waals surface area (Å²) in [5, 5.41) is 6.63. The van der Waals surface area contributed by atoms with Crippen LogP contribution in [0, 0.1) is 12.8 Å². The summed E-state index contributed by atoms with van der Waals surface area (Å²) in [6, 6.07) is 0.331. The molecular weight excluding hydrogens is 367 g/mol. The van der Waals surface area contributed by atoms with Gasteiger partial charge in [-0.05, 0) is 39.8 Å². The maximum Gasteiger partial charge on any atom is 0.226 e. The topological polar surface area (TPSA) is 48.5 Å². The Labute approximate surface area is 161 Å². The SMILES string of the molecule is Cc1nc(CN2CCC(C(=O)N3CCNCC3C)CC2)cs1.Cl.Cl. The van der Waals surface area contributed by atoms with Crippen molar-refractivity contribution >= 4 is 42.1 Å². The molecule has 1 aromatic heterocycles. The Morgan fingerprint density at radius 3 is 2.62 bits per heavy atom. The van der Waals surface area contributed by atoms with E-state index in [1.807, 2.05) is 6.92 Å². The van der Waals surface area contributed by atoms with E-state index in [9.17, 15) is 4.79 Å².